The third-order valence-corrected chi connectivity index (χ3v) is 5.54. The van der Waals surface area contributed by atoms with Gasteiger partial charge in [-0.2, -0.15) is 0 Å². The van der Waals surface area contributed by atoms with E-state index in [0.717, 1.165) is 11.3 Å². The lowest BCUT2D eigenvalue weighted by molar-refractivity contribution is -0.124. The highest BCUT2D eigenvalue weighted by Gasteiger charge is 2.45. The summed E-state index contributed by atoms with van der Waals surface area (Å²) in [7, 11) is 0. The van der Waals surface area contributed by atoms with Gasteiger partial charge in [0, 0.05) is 23.1 Å². The van der Waals surface area contributed by atoms with Gasteiger partial charge >= 0.3 is 0 Å². The van der Waals surface area contributed by atoms with Crippen molar-refractivity contribution in [1.29, 1.82) is 0 Å². The second kappa shape index (κ2) is 5.93. The maximum Gasteiger partial charge on any atom is 0.257 e. The predicted octanol–water partition coefficient (Wildman–Crippen LogP) is 4.14. The number of rotatable bonds is 1. The van der Waals surface area contributed by atoms with Gasteiger partial charge in [0.25, 0.3) is 5.56 Å². The fourth-order valence-corrected chi connectivity index (χ4v) is 4.49. The molecule has 0 bridgehead atoms. The van der Waals surface area contributed by atoms with Crippen molar-refractivity contribution < 1.29 is 4.79 Å². The van der Waals surface area contributed by atoms with Crippen LogP contribution in [-0.4, -0.2) is 15.8 Å². The summed E-state index contributed by atoms with van der Waals surface area (Å²) in [5.74, 6) is -0.319. The molecular weight excluding hydrogens is 370 g/mol. The van der Waals surface area contributed by atoms with E-state index in [0.29, 0.717) is 22.8 Å². The number of carbonyl (C=O) groups excluding carboxylic acids is 1. The Balaban J connectivity index is 2.04. The molecule has 7 heteroatoms. The first-order valence-corrected chi connectivity index (χ1v) is 9.19. The van der Waals surface area contributed by atoms with E-state index in [1.165, 1.54) is 0 Å². The van der Waals surface area contributed by atoms with Gasteiger partial charge in [-0.05, 0) is 29.3 Å². The first-order valence-electron chi connectivity index (χ1n) is 8.40. The number of halogens is 1. The molecule has 26 heavy (non-hydrogen) atoms. The number of nitrogens with one attached hydrogen (secondary N) is 3. The molecule has 5 nitrogen and oxygen atoms in total. The highest BCUT2D eigenvalue weighted by atomic mass is 35.5. The van der Waals surface area contributed by atoms with Crippen molar-refractivity contribution in [2.45, 2.75) is 26.2 Å². The quantitative estimate of drug-likeness (QED) is 0.642. The molecule has 2 aliphatic rings. The molecule has 0 amide bonds. The lowest BCUT2D eigenvalue weighted by Gasteiger charge is -2.40. The Bertz CT molecular complexity index is 1070. The standard InChI is InChI=1S/C19H18ClN3O2S/c1-19(2)7-11-14(12(24)8-19)13(9-5-3-4-6-10(9)20)15-16(21-11)22-18(26)23-17(15)25/h3-7,13-14H,8H2,1-2H3,(H3,21,22,23,25,26)/t13-,14-/m1/s1. The molecule has 1 aromatic heterocycles. The molecule has 0 spiro atoms. The summed E-state index contributed by atoms with van der Waals surface area (Å²) in [6.07, 6.45) is 2.49. The average molecular weight is 388 g/mol. The van der Waals surface area contributed by atoms with Crippen molar-refractivity contribution in [3.05, 3.63) is 67.3 Å². The summed E-state index contributed by atoms with van der Waals surface area (Å²) in [5.41, 5.74) is 1.45. The summed E-state index contributed by atoms with van der Waals surface area (Å²) in [6, 6.07) is 7.34. The summed E-state index contributed by atoms with van der Waals surface area (Å²) in [6.45, 7) is 4.05. The van der Waals surface area contributed by atoms with Gasteiger partial charge in [-0.15, -0.1) is 0 Å². The summed E-state index contributed by atoms with van der Waals surface area (Å²) in [4.78, 5) is 31.4. The molecule has 0 unspecified atom stereocenters. The number of benzene rings is 1. The molecule has 4 rings (SSSR count). The van der Waals surface area contributed by atoms with Gasteiger partial charge in [-0.1, -0.05) is 49.7 Å². The van der Waals surface area contributed by atoms with E-state index in [2.05, 4.69) is 21.4 Å². The van der Waals surface area contributed by atoms with Crippen LogP contribution in [0, 0.1) is 16.1 Å². The third kappa shape index (κ3) is 2.73. The van der Waals surface area contributed by atoms with E-state index in [1.54, 1.807) is 6.07 Å². The maximum absolute atomic E-state index is 13.1. The van der Waals surface area contributed by atoms with Crippen LogP contribution in [0.3, 0.4) is 0 Å². The van der Waals surface area contributed by atoms with Gasteiger partial charge < -0.3 is 10.3 Å². The molecule has 3 N–H and O–H groups in total. The molecule has 134 valence electrons. The minimum Gasteiger partial charge on any atom is -0.344 e. The van der Waals surface area contributed by atoms with Crippen LogP contribution in [0.15, 0.2) is 40.8 Å². The Morgan fingerprint density at radius 3 is 2.62 bits per heavy atom. The second-order valence-corrected chi connectivity index (χ2v) is 8.35. The van der Waals surface area contributed by atoms with E-state index in [4.69, 9.17) is 23.8 Å². The van der Waals surface area contributed by atoms with Gasteiger partial charge in [0.05, 0.1) is 11.5 Å². The van der Waals surface area contributed by atoms with Gasteiger partial charge in [-0.25, -0.2) is 0 Å². The number of aromatic nitrogens is 2. The van der Waals surface area contributed by atoms with Crippen LogP contribution in [0.2, 0.25) is 5.02 Å². The molecule has 1 aliphatic carbocycles. The van der Waals surface area contributed by atoms with Crippen LogP contribution in [0.4, 0.5) is 5.82 Å². The number of carbonyl (C=O) groups is 1. The third-order valence-electron chi connectivity index (χ3n) is 4.99. The largest absolute Gasteiger partial charge is 0.344 e. The topological polar surface area (TPSA) is 77.8 Å². The molecule has 1 aliphatic heterocycles. The molecule has 1 aromatic carbocycles. The summed E-state index contributed by atoms with van der Waals surface area (Å²) in [5, 5.41) is 3.77. The highest BCUT2D eigenvalue weighted by molar-refractivity contribution is 7.71. The molecule has 0 radical (unpaired) electrons. The average Bonchev–Trinajstić information content (AvgIpc) is 2.52. The van der Waals surface area contributed by atoms with E-state index >= 15 is 0 Å². The lowest BCUT2D eigenvalue weighted by Crippen LogP contribution is -2.41. The Kier molecular flexibility index (Phi) is 3.93. The van der Waals surface area contributed by atoms with Gasteiger partial charge in [0.1, 0.15) is 11.6 Å². The fourth-order valence-electron chi connectivity index (χ4n) is 4.04. The number of hydrogen-bond donors (Lipinski definition) is 3. The molecule has 2 atom stereocenters. The Labute approximate surface area is 160 Å². The minimum absolute atomic E-state index is 0.0948. The molecule has 2 aromatic rings. The Morgan fingerprint density at radius 1 is 1.15 bits per heavy atom. The maximum atomic E-state index is 13.1. The van der Waals surface area contributed by atoms with E-state index < -0.39 is 11.8 Å². The van der Waals surface area contributed by atoms with Gasteiger partial charge in [-0.3, -0.25) is 14.6 Å². The Morgan fingerprint density at radius 2 is 1.88 bits per heavy atom. The zero-order chi connectivity index (χ0) is 18.6. The van der Waals surface area contributed by atoms with Gasteiger partial charge in [0.2, 0.25) is 0 Å². The number of anilines is 1. The van der Waals surface area contributed by atoms with Crippen molar-refractivity contribution in [1.82, 2.24) is 9.97 Å². The number of ketones is 1. The zero-order valence-electron chi connectivity index (χ0n) is 14.4. The number of H-pyrrole nitrogens is 2. The lowest BCUT2D eigenvalue weighted by atomic mass is 9.67. The van der Waals surface area contributed by atoms with Crippen LogP contribution < -0.4 is 10.9 Å². The van der Waals surface area contributed by atoms with Crippen molar-refractivity contribution in [3.63, 3.8) is 0 Å². The molecule has 0 saturated heterocycles. The minimum atomic E-state index is -0.471. The smallest absolute Gasteiger partial charge is 0.257 e. The monoisotopic (exact) mass is 387 g/mol. The number of fused-ring (bicyclic) bond motifs is 2. The molecule has 2 heterocycles. The number of aromatic amines is 2. The van der Waals surface area contributed by atoms with E-state index in [1.807, 2.05) is 32.0 Å². The second-order valence-electron chi connectivity index (χ2n) is 7.53. The predicted molar refractivity (Wildman–Crippen MR) is 104 cm³/mol. The number of Topliss-reactive ketones (excluding diaryl/α,β-unsaturated/α-hetero) is 1. The molecule has 0 fully saturated rings. The van der Waals surface area contributed by atoms with Crippen molar-refractivity contribution >= 4 is 35.4 Å². The van der Waals surface area contributed by atoms with Crippen LogP contribution in [0.1, 0.15) is 37.3 Å². The van der Waals surface area contributed by atoms with Crippen LogP contribution in [-0.2, 0) is 4.79 Å². The van der Waals surface area contributed by atoms with Crippen LogP contribution in [0.25, 0.3) is 0 Å². The zero-order valence-corrected chi connectivity index (χ0v) is 15.9. The fraction of sp³-hybridized carbons (Fsp3) is 0.316. The SMILES string of the molecule is CC1(C)C=C2Nc3[nH]c(=S)[nH]c(=O)c3[C@H](c3ccccc3Cl)[C@H]2C(=O)C1. The first kappa shape index (κ1) is 17.2. The van der Waals surface area contributed by atoms with Crippen molar-refractivity contribution in [2.24, 2.45) is 11.3 Å². The number of hydrogen-bond acceptors (Lipinski definition) is 4. The summed E-state index contributed by atoms with van der Waals surface area (Å²) >= 11 is 11.6. The van der Waals surface area contributed by atoms with Crippen molar-refractivity contribution in [3.8, 4) is 0 Å². The molecule has 0 saturated carbocycles. The van der Waals surface area contributed by atoms with Crippen LogP contribution >= 0.6 is 23.8 Å². The van der Waals surface area contributed by atoms with Crippen molar-refractivity contribution in [2.75, 3.05) is 5.32 Å². The Hall–Kier alpha value is -2.18. The highest BCUT2D eigenvalue weighted by Crippen LogP contribution is 2.48. The number of allylic oxidation sites excluding steroid dienone is 2. The van der Waals surface area contributed by atoms with E-state index in [9.17, 15) is 9.59 Å². The van der Waals surface area contributed by atoms with E-state index in [-0.39, 0.29) is 21.5 Å². The molecular formula is C19H18ClN3O2S. The normalized spacial score (nSPS) is 23.5. The first-order chi connectivity index (χ1) is 12.3. The van der Waals surface area contributed by atoms with Gasteiger partial charge in [0.15, 0.2) is 4.77 Å². The van der Waals surface area contributed by atoms with Crippen LogP contribution in [0.5, 0.6) is 0 Å². The summed E-state index contributed by atoms with van der Waals surface area (Å²) < 4.78 is 0.236.